The normalized spacial score (nSPS) is 16.9. The fourth-order valence-corrected chi connectivity index (χ4v) is 3.14. The molecule has 0 saturated carbocycles. The van der Waals surface area contributed by atoms with Crippen molar-refractivity contribution in [1.29, 1.82) is 0 Å². The van der Waals surface area contributed by atoms with Gasteiger partial charge in [-0.05, 0) is 13.3 Å². The molecule has 1 unspecified atom stereocenters. The average Bonchev–Trinajstić information content (AvgIpc) is 2.26. The van der Waals surface area contributed by atoms with Gasteiger partial charge in [0.15, 0.2) is 0 Å². The number of nitrogens with one attached hydrogen (secondary N) is 1. The van der Waals surface area contributed by atoms with Crippen LogP contribution in [0.15, 0.2) is 0 Å². The van der Waals surface area contributed by atoms with Crippen LogP contribution in [0.3, 0.4) is 0 Å². The van der Waals surface area contributed by atoms with Crippen LogP contribution < -0.4 is 10.5 Å². The lowest BCUT2D eigenvalue weighted by atomic mass is 9.99. The van der Waals surface area contributed by atoms with Crippen molar-refractivity contribution >= 4 is 10.2 Å². The van der Waals surface area contributed by atoms with Crippen molar-refractivity contribution in [3.05, 3.63) is 0 Å². The number of rotatable bonds is 7. The van der Waals surface area contributed by atoms with Gasteiger partial charge in [-0.3, -0.25) is 0 Å². The molecule has 0 heterocycles. The number of likely N-dealkylation sites (N-methyl/N-ethyl adjacent to an activating group) is 1. The Kier molecular flexibility index (Phi) is 6.05. The average molecular weight is 291 g/mol. The Morgan fingerprint density at radius 1 is 1.28 bits per heavy atom. The minimum absolute atomic E-state index is 0.0320. The summed E-state index contributed by atoms with van der Waals surface area (Å²) in [6.07, 6.45) is -4.18. The van der Waals surface area contributed by atoms with Crippen molar-refractivity contribution in [1.82, 2.24) is 9.03 Å². The van der Waals surface area contributed by atoms with E-state index < -0.39 is 28.5 Å². The molecular weight excluding hydrogens is 271 g/mol. The second-order valence-electron chi connectivity index (χ2n) is 4.16. The Labute approximate surface area is 106 Å². The smallest absolute Gasteiger partial charge is 0.329 e. The molecule has 9 heteroatoms. The van der Waals surface area contributed by atoms with Crippen LogP contribution in [0.4, 0.5) is 13.2 Å². The number of nitrogens with zero attached hydrogens (tertiary/aromatic N) is 1. The molecule has 0 aromatic carbocycles. The fourth-order valence-electron chi connectivity index (χ4n) is 1.52. The highest BCUT2D eigenvalue weighted by molar-refractivity contribution is 7.87. The van der Waals surface area contributed by atoms with Gasteiger partial charge in [-0.2, -0.15) is 30.6 Å². The molecule has 18 heavy (non-hydrogen) atoms. The third-order valence-electron chi connectivity index (χ3n) is 2.84. The topological polar surface area (TPSA) is 75.4 Å². The van der Waals surface area contributed by atoms with E-state index in [1.54, 1.807) is 25.5 Å². The lowest BCUT2D eigenvalue weighted by Crippen LogP contribution is -2.57. The van der Waals surface area contributed by atoms with Gasteiger partial charge in [-0.15, -0.1) is 0 Å². The zero-order valence-electron chi connectivity index (χ0n) is 10.7. The van der Waals surface area contributed by atoms with Crippen molar-refractivity contribution in [2.45, 2.75) is 38.9 Å². The van der Waals surface area contributed by atoms with Crippen molar-refractivity contribution in [3.63, 3.8) is 0 Å². The van der Waals surface area contributed by atoms with Crippen LogP contribution in [0.1, 0.15) is 27.2 Å². The summed E-state index contributed by atoms with van der Waals surface area (Å²) in [5.74, 6) is 0. The second kappa shape index (κ2) is 6.18. The quantitative estimate of drug-likeness (QED) is 0.729. The summed E-state index contributed by atoms with van der Waals surface area (Å²) in [5.41, 5.74) is 4.62. The summed E-state index contributed by atoms with van der Waals surface area (Å²) in [5, 5.41) is 0. The molecule has 0 aliphatic heterocycles. The summed E-state index contributed by atoms with van der Waals surface area (Å²) < 4.78 is 62.3. The molecule has 0 rings (SSSR count). The molecule has 0 aromatic heterocycles. The second-order valence-corrected chi connectivity index (χ2v) is 5.84. The SMILES string of the molecule is CCN(C(C)(CC)CN)S(=O)(=O)NCC(F)(F)F. The number of halogens is 3. The lowest BCUT2D eigenvalue weighted by molar-refractivity contribution is -0.121. The summed E-state index contributed by atoms with van der Waals surface area (Å²) in [6.45, 7) is 3.38. The number of hydrogen-bond acceptors (Lipinski definition) is 3. The van der Waals surface area contributed by atoms with Crippen LogP contribution in [0.5, 0.6) is 0 Å². The van der Waals surface area contributed by atoms with E-state index in [2.05, 4.69) is 0 Å². The minimum Gasteiger partial charge on any atom is -0.329 e. The van der Waals surface area contributed by atoms with Gasteiger partial charge in [0.1, 0.15) is 6.54 Å². The number of hydrogen-bond donors (Lipinski definition) is 2. The maximum atomic E-state index is 12.0. The van der Waals surface area contributed by atoms with Gasteiger partial charge >= 0.3 is 6.18 Å². The van der Waals surface area contributed by atoms with Gasteiger partial charge in [-0.1, -0.05) is 13.8 Å². The zero-order valence-corrected chi connectivity index (χ0v) is 11.5. The van der Waals surface area contributed by atoms with E-state index in [0.29, 0.717) is 6.42 Å². The third kappa shape index (κ3) is 4.71. The number of nitrogens with two attached hydrogens (primary N) is 1. The van der Waals surface area contributed by atoms with Crippen LogP contribution >= 0.6 is 0 Å². The molecule has 0 bridgehead atoms. The van der Waals surface area contributed by atoms with Gasteiger partial charge in [-0.25, -0.2) is 0 Å². The summed E-state index contributed by atoms with van der Waals surface area (Å²) in [7, 11) is -4.20. The van der Waals surface area contributed by atoms with E-state index in [-0.39, 0.29) is 13.1 Å². The number of alkyl halides is 3. The lowest BCUT2D eigenvalue weighted by Gasteiger charge is -2.38. The predicted molar refractivity (Wildman–Crippen MR) is 63.1 cm³/mol. The van der Waals surface area contributed by atoms with E-state index in [9.17, 15) is 21.6 Å². The largest absolute Gasteiger partial charge is 0.402 e. The van der Waals surface area contributed by atoms with Crippen molar-refractivity contribution < 1.29 is 21.6 Å². The molecule has 0 saturated heterocycles. The molecule has 1 atom stereocenters. The van der Waals surface area contributed by atoms with Crippen molar-refractivity contribution in [2.24, 2.45) is 5.73 Å². The molecule has 0 fully saturated rings. The first-order valence-electron chi connectivity index (χ1n) is 5.56. The third-order valence-corrected chi connectivity index (χ3v) is 4.62. The van der Waals surface area contributed by atoms with Crippen molar-refractivity contribution in [2.75, 3.05) is 19.6 Å². The fraction of sp³-hybridized carbons (Fsp3) is 1.00. The molecule has 3 N–H and O–H groups in total. The maximum Gasteiger partial charge on any atom is 0.402 e. The molecular formula is C9H20F3N3O2S. The Hall–Kier alpha value is -0.380. The van der Waals surface area contributed by atoms with E-state index in [1.807, 2.05) is 0 Å². The monoisotopic (exact) mass is 291 g/mol. The molecule has 0 radical (unpaired) electrons. The predicted octanol–water partition coefficient (Wildman–Crippen LogP) is 0.832. The van der Waals surface area contributed by atoms with Gasteiger partial charge in [0.25, 0.3) is 10.2 Å². The molecule has 110 valence electrons. The van der Waals surface area contributed by atoms with Crippen LogP contribution in [-0.2, 0) is 10.2 Å². The zero-order chi connectivity index (χ0) is 14.6. The minimum atomic E-state index is -4.59. The Morgan fingerprint density at radius 2 is 1.78 bits per heavy atom. The molecule has 0 aromatic rings. The molecule has 0 aliphatic rings. The van der Waals surface area contributed by atoms with E-state index in [0.717, 1.165) is 4.31 Å². The molecule has 0 spiro atoms. The van der Waals surface area contributed by atoms with E-state index >= 15 is 0 Å². The van der Waals surface area contributed by atoms with Crippen LogP contribution in [0.2, 0.25) is 0 Å². The molecule has 0 aliphatic carbocycles. The van der Waals surface area contributed by atoms with Crippen LogP contribution in [0.25, 0.3) is 0 Å². The van der Waals surface area contributed by atoms with Crippen LogP contribution in [-0.4, -0.2) is 44.1 Å². The Bertz CT molecular complexity index is 353. The molecule has 5 nitrogen and oxygen atoms in total. The van der Waals surface area contributed by atoms with Gasteiger partial charge < -0.3 is 5.73 Å². The highest BCUT2D eigenvalue weighted by Crippen LogP contribution is 2.21. The summed E-state index contributed by atoms with van der Waals surface area (Å²) in [4.78, 5) is 0. The van der Waals surface area contributed by atoms with Crippen LogP contribution in [0, 0.1) is 0 Å². The van der Waals surface area contributed by atoms with E-state index in [4.69, 9.17) is 5.73 Å². The van der Waals surface area contributed by atoms with E-state index in [1.165, 1.54) is 0 Å². The van der Waals surface area contributed by atoms with Crippen molar-refractivity contribution in [3.8, 4) is 0 Å². The standard InChI is InChI=1S/C9H20F3N3O2S/c1-4-8(3,6-13)15(5-2)18(16,17)14-7-9(10,11)12/h14H,4-7,13H2,1-3H3. The summed E-state index contributed by atoms with van der Waals surface area (Å²) >= 11 is 0. The highest BCUT2D eigenvalue weighted by Gasteiger charge is 2.38. The van der Waals surface area contributed by atoms with Gasteiger partial charge in [0.05, 0.1) is 0 Å². The Balaban J connectivity index is 5.05. The molecule has 0 amide bonds. The first-order valence-corrected chi connectivity index (χ1v) is 7.00. The highest BCUT2D eigenvalue weighted by atomic mass is 32.2. The first kappa shape index (κ1) is 17.6. The van der Waals surface area contributed by atoms with Gasteiger partial charge in [0.2, 0.25) is 0 Å². The summed E-state index contributed by atoms with van der Waals surface area (Å²) in [6, 6.07) is 0. The first-order chi connectivity index (χ1) is 8.02. The maximum absolute atomic E-state index is 12.0. The van der Waals surface area contributed by atoms with Gasteiger partial charge in [0, 0.05) is 18.6 Å². The Morgan fingerprint density at radius 3 is 2.06 bits per heavy atom.